The van der Waals surface area contributed by atoms with Crippen LogP contribution >= 0.6 is 0 Å². The first-order valence-corrected chi connectivity index (χ1v) is 10.9. The molecule has 4 heteroatoms. The van der Waals surface area contributed by atoms with Gasteiger partial charge >= 0.3 is 0 Å². The molecule has 1 aliphatic heterocycles. The zero-order chi connectivity index (χ0) is 21.6. The number of fused-ring (bicyclic) bond motifs is 1. The zero-order valence-electron chi connectivity index (χ0n) is 18.6. The molecule has 31 heavy (non-hydrogen) atoms. The van der Waals surface area contributed by atoms with E-state index in [2.05, 4.69) is 61.2 Å². The fourth-order valence-electron chi connectivity index (χ4n) is 4.01. The van der Waals surface area contributed by atoms with E-state index in [1.807, 2.05) is 24.3 Å². The summed E-state index contributed by atoms with van der Waals surface area (Å²) in [6.45, 7) is 7.48. The number of ether oxygens (including phenoxy) is 3. The van der Waals surface area contributed by atoms with E-state index >= 15 is 0 Å². The van der Waals surface area contributed by atoms with E-state index in [1.165, 1.54) is 16.7 Å². The van der Waals surface area contributed by atoms with Crippen molar-refractivity contribution in [3.05, 3.63) is 89.0 Å². The van der Waals surface area contributed by atoms with Crippen molar-refractivity contribution in [2.24, 2.45) is 0 Å². The first kappa shape index (κ1) is 21.3. The lowest BCUT2D eigenvalue weighted by molar-refractivity contribution is 0.235. The molecule has 0 saturated heterocycles. The largest absolute Gasteiger partial charge is 0.493 e. The van der Waals surface area contributed by atoms with Gasteiger partial charge in [-0.15, -0.1) is 0 Å². The van der Waals surface area contributed by atoms with Crippen molar-refractivity contribution in [2.75, 3.05) is 13.7 Å². The van der Waals surface area contributed by atoms with Gasteiger partial charge in [-0.2, -0.15) is 0 Å². The molecule has 1 aliphatic rings. The van der Waals surface area contributed by atoms with E-state index in [0.29, 0.717) is 6.61 Å². The van der Waals surface area contributed by atoms with Gasteiger partial charge in [0.05, 0.1) is 13.2 Å². The highest BCUT2D eigenvalue weighted by molar-refractivity contribution is 5.48. The fraction of sp³-hybridized carbons (Fsp3) is 0.333. The molecule has 0 aliphatic carbocycles. The Morgan fingerprint density at radius 1 is 0.871 bits per heavy atom. The van der Waals surface area contributed by atoms with Crippen molar-refractivity contribution in [3.8, 4) is 17.2 Å². The number of nitrogens with zero attached hydrogens (tertiary/aromatic N) is 1. The second-order valence-electron chi connectivity index (χ2n) is 8.32. The third kappa shape index (κ3) is 5.59. The third-order valence-electron chi connectivity index (χ3n) is 5.49. The minimum absolute atomic E-state index is 0.183. The highest BCUT2D eigenvalue weighted by Gasteiger charge is 2.20. The summed E-state index contributed by atoms with van der Waals surface area (Å²) in [6.07, 6.45) is 1.19. The van der Waals surface area contributed by atoms with E-state index < -0.39 is 0 Å². The highest BCUT2D eigenvalue weighted by atomic mass is 16.5. The van der Waals surface area contributed by atoms with Gasteiger partial charge in [0.2, 0.25) is 0 Å². The van der Waals surface area contributed by atoms with Crippen LogP contribution in [0.5, 0.6) is 17.2 Å². The minimum atomic E-state index is 0.183. The van der Waals surface area contributed by atoms with Crippen molar-refractivity contribution >= 4 is 0 Å². The van der Waals surface area contributed by atoms with Crippen LogP contribution in [0.4, 0.5) is 0 Å². The van der Waals surface area contributed by atoms with Crippen LogP contribution < -0.4 is 14.2 Å². The summed E-state index contributed by atoms with van der Waals surface area (Å²) in [7, 11) is 1.71. The molecule has 0 saturated carbocycles. The van der Waals surface area contributed by atoms with Gasteiger partial charge in [0.25, 0.3) is 0 Å². The molecule has 3 aromatic carbocycles. The Kier molecular flexibility index (Phi) is 6.78. The highest BCUT2D eigenvalue weighted by Crippen LogP contribution is 2.34. The van der Waals surface area contributed by atoms with Crippen LogP contribution in [0.3, 0.4) is 0 Å². The molecule has 1 heterocycles. The molecule has 162 valence electrons. The first-order chi connectivity index (χ1) is 15.1. The minimum Gasteiger partial charge on any atom is -0.493 e. The Balaban J connectivity index is 1.44. The van der Waals surface area contributed by atoms with Crippen molar-refractivity contribution in [1.82, 2.24) is 4.90 Å². The van der Waals surface area contributed by atoms with E-state index in [0.717, 1.165) is 48.9 Å². The van der Waals surface area contributed by atoms with Gasteiger partial charge in [-0.05, 0) is 66.8 Å². The number of rotatable bonds is 8. The molecule has 0 aromatic heterocycles. The number of benzene rings is 3. The molecule has 4 rings (SSSR count). The summed E-state index contributed by atoms with van der Waals surface area (Å²) in [6, 6.07) is 22.9. The van der Waals surface area contributed by atoms with Crippen molar-refractivity contribution < 1.29 is 14.2 Å². The second-order valence-corrected chi connectivity index (χ2v) is 8.32. The van der Waals surface area contributed by atoms with Crippen molar-refractivity contribution in [1.29, 1.82) is 0 Å². The van der Waals surface area contributed by atoms with Crippen LogP contribution in [0.1, 0.15) is 36.1 Å². The third-order valence-corrected chi connectivity index (χ3v) is 5.49. The Hall–Kier alpha value is -2.98. The molecule has 3 aromatic rings. The smallest absolute Gasteiger partial charge is 0.161 e. The van der Waals surface area contributed by atoms with Crippen molar-refractivity contribution in [3.63, 3.8) is 0 Å². The van der Waals surface area contributed by atoms with E-state index in [9.17, 15) is 0 Å². The molecule has 4 nitrogen and oxygen atoms in total. The number of hydrogen-bond acceptors (Lipinski definition) is 4. The standard InChI is InChI=1S/C27H31NO3/c1-20(2)31-25-11-7-10-22(14-25)17-28-13-12-23-15-27(26(29-3)16-24(23)18-28)30-19-21-8-5-4-6-9-21/h4-11,14-16,20H,12-13,17-19H2,1-3H3. The monoisotopic (exact) mass is 417 g/mol. The Morgan fingerprint density at radius 3 is 2.42 bits per heavy atom. The second kappa shape index (κ2) is 9.88. The molecule has 0 atom stereocenters. The predicted molar refractivity (Wildman–Crippen MR) is 124 cm³/mol. The fourth-order valence-corrected chi connectivity index (χ4v) is 4.01. The quantitative estimate of drug-likeness (QED) is 0.476. The maximum absolute atomic E-state index is 6.09. The van der Waals surface area contributed by atoms with Gasteiger partial charge in [0, 0.05) is 19.6 Å². The molecule has 0 N–H and O–H groups in total. The summed E-state index contributed by atoms with van der Waals surface area (Å²) in [5.74, 6) is 2.55. The maximum atomic E-state index is 6.09. The van der Waals surface area contributed by atoms with Gasteiger partial charge in [0.1, 0.15) is 12.4 Å². The van der Waals surface area contributed by atoms with E-state index in [1.54, 1.807) is 7.11 Å². The number of methoxy groups -OCH3 is 1. The molecule has 0 amide bonds. The average molecular weight is 418 g/mol. The maximum Gasteiger partial charge on any atom is 0.161 e. The lowest BCUT2D eigenvalue weighted by Crippen LogP contribution is -2.30. The molecule has 0 unspecified atom stereocenters. The average Bonchev–Trinajstić information content (AvgIpc) is 2.77. The molecule has 0 fully saturated rings. The SMILES string of the molecule is COc1cc2c(cc1OCc1ccccc1)CCN(Cc1cccc(OC(C)C)c1)C2. The van der Waals surface area contributed by atoms with Crippen LogP contribution in [-0.2, 0) is 26.1 Å². The summed E-state index contributed by atoms with van der Waals surface area (Å²) < 4.78 is 17.6. The Bertz CT molecular complexity index is 1000. The van der Waals surface area contributed by atoms with Gasteiger partial charge in [-0.1, -0.05) is 42.5 Å². The first-order valence-electron chi connectivity index (χ1n) is 10.9. The zero-order valence-corrected chi connectivity index (χ0v) is 18.6. The van der Waals surface area contributed by atoms with E-state index in [4.69, 9.17) is 14.2 Å². The van der Waals surface area contributed by atoms with Crippen LogP contribution in [0.15, 0.2) is 66.7 Å². The molecular formula is C27H31NO3. The molecule has 0 bridgehead atoms. The van der Waals surface area contributed by atoms with Gasteiger partial charge in [-0.25, -0.2) is 0 Å². The Morgan fingerprint density at radius 2 is 1.65 bits per heavy atom. The summed E-state index contributed by atoms with van der Waals surface area (Å²) in [4.78, 5) is 2.47. The van der Waals surface area contributed by atoms with Crippen LogP contribution in [-0.4, -0.2) is 24.7 Å². The Labute approximate surface area is 185 Å². The van der Waals surface area contributed by atoms with Gasteiger partial charge < -0.3 is 14.2 Å². The molecule has 0 radical (unpaired) electrons. The molecule has 0 spiro atoms. The topological polar surface area (TPSA) is 30.9 Å². The van der Waals surface area contributed by atoms with Crippen LogP contribution in [0.2, 0.25) is 0 Å². The van der Waals surface area contributed by atoms with Crippen LogP contribution in [0, 0.1) is 0 Å². The lowest BCUT2D eigenvalue weighted by atomic mass is 9.98. The van der Waals surface area contributed by atoms with Gasteiger partial charge in [0.15, 0.2) is 11.5 Å². The van der Waals surface area contributed by atoms with Crippen molar-refractivity contribution in [2.45, 2.75) is 46.1 Å². The normalized spacial score (nSPS) is 13.7. The molecular weight excluding hydrogens is 386 g/mol. The van der Waals surface area contributed by atoms with Gasteiger partial charge in [-0.3, -0.25) is 4.90 Å². The summed E-state index contributed by atoms with van der Waals surface area (Å²) >= 11 is 0. The summed E-state index contributed by atoms with van der Waals surface area (Å²) in [5, 5.41) is 0. The summed E-state index contributed by atoms with van der Waals surface area (Å²) in [5.41, 5.74) is 5.08. The lowest BCUT2D eigenvalue weighted by Gasteiger charge is -2.29. The predicted octanol–water partition coefficient (Wildman–Crippen LogP) is 5.62. The van der Waals surface area contributed by atoms with Crippen LogP contribution in [0.25, 0.3) is 0 Å². The number of hydrogen-bond donors (Lipinski definition) is 0. The van der Waals surface area contributed by atoms with E-state index in [-0.39, 0.29) is 6.10 Å².